The molecule has 1 aliphatic carbocycles. The van der Waals surface area contributed by atoms with Crippen molar-refractivity contribution in [2.24, 2.45) is 5.73 Å². The number of aliphatic hydroxyl groups excluding tert-OH is 2. The van der Waals surface area contributed by atoms with Gasteiger partial charge in [0.15, 0.2) is 0 Å². The normalized spacial score (nSPS) is 31.8. The summed E-state index contributed by atoms with van der Waals surface area (Å²) in [5.74, 6) is 0. The van der Waals surface area contributed by atoms with Gasteiger partial charge in [-0.05, 0) is 19.3 Å². The Kier molecular flexibility index (Phi) is 6.12. The molecule has 1 aliphatic rings. The van der Waals surface area contributed by atoms with E-state index in [9.17, 15) is 0 Å². The van der Waals surface area contributed by atoms with Crippen molar-refractivity contribution in [2.45, 2.75) is 37.5 Å². The molecule has 1 rings (SSSR count). The van der Waals surface area contributed by atoms with Crippen LogP contribution in [0.1, 0.15) is 19.3 Å². The molecule has 90 valence electrons. The minimum atomic E-state index is -0.0333. The average molecular weight is 219 g/mol. The predicted molar refractivity (Wildman–Crippen MR) is 55.5 cm³/mol. The summed E-state index contributed by atoms with van der Waals surface area (Å²) in [6.07, 6.45) is 2.70. The van der Waals surface area contributed by atoms with E-state index < -0.39 is 0 Å². The molecule has 5 nitrogen and oxygen atoms in total. The summed E-state index contributed by atoms with van der Waals surface area (Å²) in [7, 11) is 0. The lowest BCUT2D eigenvalue weighted by molar-refractivity contribution is -0.0539. The first kappa shape index (κ1) is 12.9. The molecule has 0 aliphatic heterocycles. The lowest BCUT2D eigenvalue weighted by Crippen LogP contribution is -2.45. The molecule has 0 aromatic heterocycles. The van der Waals surface area contributed by atoms with Gasteiger partial charge in [0.05, 0.1) is 38.6 Å². The van der Waals surface area contributed by atoms with Crippen molar-refractivity contribution < 1.29 is 19.7 Å². The monoisotopic (exact) mass is 219 g/mol. The molecule has 0 bridgehead atoms. The van der Waals surface area contributed by atoms with Gasteiger partial charge in [0.2, 0.25) is 0 Å². The van der Waals surface area contributed by atoms with E-state index in [1.165, 1.54) is 0 Å². The van der Waals surface area contributed by atoms with E-state index in [1.54, 1.807) is 0 Å². The first-order valence-electron chi connectivity index (χ1n) is 5.48. The molecule has 1 saturated carbocycles. The third kappa shape index (κ3) is 4.44. The molecule has 0 radical (unpaired) electrons. The Bertz CT molecular complexity index is 168. The van der Waals surface area contributed by atoms with Crippen molar-refractivity contribution in [2.75, 3.05) is 26.4 Å². The third-order valence-corrected chi connectivity index (χ3v) is 2.65. The quantitative estimate of drug-likeness (QED) is 0.547. The van der Waals surface area contributed by atoms with Gasteiger partial charge in [-0.25, -0.2) is 0 Å². The van der Waals surface area contributed by atoms with Crippen LogP contribution >= 0.6 is 0 Å². The maximum Gasteiger partial charge on any atom is 0.0729 e. The molecule has 4 N–H and O–H groups in total. The van der Waals surface area contributed by atoms with Gasteiger partial charge in [0.25, 0.3) is 0 Å². The fourth-order valence-electron chi connectivity index (χ4n) is 1.92. The van der Waals surface area contributed by atoms with Crippen molar-refractivity contribution in [3.05, 3.63) is 0 Å². The van der Waals surface area contributed by atoms with Gasteiger partial charge in [-0.3, -0.25) is 0 Å². The van der Waals surface area contributed by atoms with E-state index in [2.05, 4.69) is 0 Å². The average Bonchev–Trinajstić information content (AvgIpc) is 2.25. The van der Waals surface area contributed by atoms with Gasteiger partial charge in [-0.15, -0.1) is 0 Å². The summed E-state index contributed by atoms with van der Waals surface area (Å²) in [4.78, 5) is 0. The molecule has 15 heavy (non-hydrogen) atoms. The van der Waals surface area contributed by atoms with Crippen molar-refractivity contribution in [1.29, 1.82) is 0 Å². The van der Waals surface area contributed by atoms with E-state index in [0.717, 1.165) is 19.3 Å². The number of hydrogen-bond donors (Lipinski definition) is 3. The first-order valence-corrected chi connectivity index (χ1v) is 5.48. The number of rotatable bonds is 6. The Morgan fingerprint density at radius 2 is 1.73 bits per heavy atom. The molecule has 0 saturated heterocycles. The Hall–Kier alpha value is -0.200. The second-order valence-corrected chi connectivity index (χ2v) is 3.83. The van der Waals surface area contributed by atoms with Crippen LogP contribution in [0.15, 0.2) is 0 Å². The van der Waals surface area contributed by atoms with Gasteiger partial charge in [-0.1, -0.05) is 0 Å². The topological polar surface area (TPSA) is 84.9 Å². The minimum absolute atomic E-state index is 0.0333. The molecule has 0 amide bonds. The molecular weight excluding hydrogens is 198 g/mol. The molecular formula is C10H21NO4. The lowest BCUT2D eigenvalue weighted by Gasteiger charge is -2.33. The zero-order valence-corrected chi connectivity index (χ0v) is 8.97. The summed E-state index contributed by atoms with van der Waals surface area (Å²) in [5, 5.41) is 17.3. The summed E-state index contributed by atoms with van der Waals surface area (Å²) in [5.41, 5.74) is 5.93. The van der Waals surface area contributed by atoms with Crippen LogP contribution < -0.4 is 5.73 Å². The van der Waals surface area contributed by atoms with Crippen LogP contribution in [0.5, 0.6) is 0 Å². The smallest absolute Gasteiger partial charge is 0.0729 e. The van der Waals surface area contributed by atoms with E-state index >= 15 is 0 Å². The maximum absolute atomic E-state index is 8.63. The SMILES string of the molecule is NC1CC(OCCO)CCC1OCCO. The van der Waals surface area contributed by atoms with Crippen LogP contribution in [-0.2, 0) is 9.47 Å². The largest absolute Gasteiger partial charge is 0.394 e. The second-order valence-electron chi connectivity index (χ2n) is 3.83. The van der Waals surface area contributed by atoms with Crippen LogP contribution in [0.4, 0.5) is 0 Å². The molecule has 0 spiro atoms. The highest BCUT2D eigenvalue weighted by molar-refractivity contribution is 4.84. The molecule has 0 heterocycles. The first-order chi connectivity index (χ1) is 7.27. The summed E-state index contributed by atoms with van der Waals surface area (Å²) in [6, 6.07) is -0.0333. The standard InChI is InChI=1S/C10H21NO4/c11-9-7-8(14-5-3-12)1-2-10(9)15-6-4-13/h8-10,12-13H,1-7,11H2. The van der Waals surface area contributed by atoms with E-state index in [-0.39, 0.29) is 31.5 Å². The highest BCUT2D eigenvalue weighted by Crippen LogP contribution is 2.22. The summed E-state index contributed by atoms with van der Waals surface area (Å²) in [6.45, 7) is 0.809. The Morgan fingerprint density at radius 1 is 1.07 bits per heavy atom. The van der Waals surface area contributed by atoms with Gasteiger partial charge >= 0.3 is 0 Å². The maximum atomic E-state index is 8.63. The highest BCUT2D eigenvalue weighted by Gasteiger charge is 2.28. The van der Waals surface area contributed by atoms with Crippen molar-refractivity contribution >= 4 is 0 Å². The molecule has 3 unspecified atom stereocenters. The van der Waals surface area contributed by atoms with Crippen molar-refractivity contribution in [1.82, 2.24) is 0 Å². The zero-order valence-electron chi connectivity index (χ0n) is 8.97. The molecule has 0 aromatic rings. The summed E-state index contributed by atoms with van der Waals surface area (Å²) < 4.78 is 10.8. The van der Waals surface area contributed by atoms with E-state index in [0.29, 0.717) is 13.2 Å². The lowest BCUT2D eigenvalue weighted by atomic mass is 9.90. The van der Waals surface area contributed by atoms with Crippen LogP contribution in [0.3, 0.4) is 0 Å². The minimum Gasteiger partial charge on any atom is -0.394 e. The fraction of sp³-hybridized carbons (Fsp3) is 1.00. The number of hydrogen-bond acceptors (Lipinski definition) is 5. The van der Waals surface area contributed by atoms with Gasteiger partial charge in [-0.2, -0.15) is 0 Å². The summed E-state index contributed by atoms with van der Waals surface area (Å²) >= 11 is 0. The molecule has 5 heteroatoms. The predicted octanol–water partition coefficient (Wildman–Crippen LogP) is -0.747. The highest BCUT2D eigenvalue weighted by atomic mass is 16.5. The van der Waals surface area contributed by atoms with E-state index in [4.69, 9.17) is 25.4 Å². The Balaban J connectivity index is 2.21. The van der Waals surface area contributed by atoms with Crippen LogP contribution in [-0.4, -0.2) is 54.9 Å². The Labute approximate surface area is 90.2 Å². The van der Waals surface area contributed by atoms with Crippen molar-refractivity contribution in [3.63, 3.8) is 0 Å². The van der Waals surface area contributed by atoms with Gasteiger partial charge in [0.1, 0.15) is 0 Å². The molecule has 3 atom stereocenters. The number of aliphatic hydroxyl groups is 2. The second kappa shape index (κ2) is 7.14. The fourth-order valence-corrected chi connectivity index (χ4v) is 1.92. The van der Waals surface area contributed by atoms with Gasteiger partial charge in [0, 0.05) is 6.04 Å². The molecule has 1 fully saturated rings. The van der Waals surface area contributed by atoms with Crippen molar-refractivity contribution in [3.8, 4) is 0 Å². The number of nitrogens with two attached hydrogens (primary N) is 1. The van der Waals surface area contributed by atoms with E-state index in [1.807, 2.05) is 0 Å². The third-order valence-electron chi connectivity index (χ3n) is 2.65. The van der Waals surface area contributed by atoms with Crippen LogP contribution in [0, 0.1) is 0 Å². The zero-order chi connectivity index (χ0) is 11.1. The molecule has 0 aromatic carbocycles. The number of ether oxygens (including phenoxy) is 2. The van der Waals surface area contributed by atoms with Gasteiger partial charge < -0.3 is 25.4 Å². The van der Waals surface area contributed by atoms with Crippen LogP contribution in [0.2, 0.25) is 0 Å². The Morgan fingerprint density at radius 3 is 2.33 bits per heavy atom. The van der Waals surface area contributed by atoms with Crippen LogP contribution in [0.25, 0.3) is 0 Å².